The molecule has 4 nitrogen and oxygen atoms in total. The molecule has 0 aliphatic carbocycles. The van der Waals surface area contributed by atoms with Crippen molar-refractivity contribution in [3.63, 3.8) is 0 Å². The molecule has 1 fully saturated rings. The molecule has 0 bridgehead atoms. The molecule has 0 aromatic carbocycles. The second kappa shape index (κ2) is 5.89. The molecule has 0 radical (unpaired) electrons. The predicted octanol–water partition coefficient (Wildman–Crippen LogP) is 3.11. The molecule has 0 unspecified atom stereocenters. The molecule has 3 aromatic rings. The first-order valence-corrected chi connectivity index (χ1v) is 7.93. The third-order valence-electron chi connectivity index (χ3n) is 4.59. The highest BCUT2D eigenvalue weighted by atomic mass is 15.1. The summed E-state index contributed by atoms with van der Waals surface area (Å²) in [5, 5.41) is 0. The minimum absolute atomic E-state index is 0.628. The Morgan fingerprint density at radius 1 is 1.05 bits per heavy atom. The Bertz CT molecular complexity index is 742. The summed E-state index contributed by atoms with van der Waals surface area (Å²) in [5.74, 6) is 0.628. The zero-order valence-corrected chi connectivity index (χ0v) is 12.6. The highest BCUT2D eigenvalue weighted by Crippen LogP contribution is 2.28. The second-order valence-corrected chi connectivity index (χ2v) is 6.02. The van der Waals surface area contributed by atoms with Crippen LogP contribution in [0.2, 0.25) is 0 Å². The van der Waals surface area contributed by atoms with E-state index in [1.165, 1.54) is 24.1 Å². The molecule has 22 heavy (non-hydrogen) atoms. The normalized spacial score (nSPS) is 17.1. The molecule has 4 heterocycles. The van der Waals surface area contributed by atoms with Crippen molar-refractivity contribution in [2.45, 2.75) is 25.3 Å². The van der Waals surface area contributed by atoms with Crippen LogP contribution >= 0.6 is 0 Å². The van der Waals surface area contributed by atoms with E-state index in [1.807, 2.05) is 24.7 Å². The number of pyridine rings is 2. The van der Waals surface area contributed by atoms with Crippen molar-refractivity contribution in [3.05, 3.63) is 66.4 Å². The molecule has 0 saturated carbocycles. The summed E-state index contributed by atoms with van der Waals surface area (Å²) in [4.78, 5) is 11.1. The summed E-state index contributed by atoms with van der Waals surface area (Å²) in [6.45, 7) is 3.30. The Labute approximate surface area is 130 Å². The maximum absolute atomic E-state index is 4.39. The maximum Gasteiger partial charge on any atom is 0.136 e. The lowest BCUT2D eigenvalue weighted by Gasteiger charge is -2.32. The summed E-state index contributed by atoms with van der Waals surface area (Å²) in [6.07, 6.45) is 10.2. The molecule has 0 amide bonds. The quantitative estimate of drug-likeness (QED) is 0.744. The molecular formula is C18H20N4. The average Bonchev–Trinajstić information content (AvgIpc) is 3.05. The van der Waals surface area contributed by atoms with E-state index in [-0.39, 0.29) is 0 Å². The van der Waals surface area contributed by atoms with Gasteiger partial charge in [-0.15, -0.1) is 0 Å². The Balaban J connectivity index is 1.45. The second-order valence-electron chi connectivity index (χ2n) is 6.02. The lowest BCUT2D eigenvalue weighted by molar-refractivity contribution is 0.202. The highest BCUT2D eigenvalue weighted by Gasteiger charge is 2.22. The van der Waals surface area contributed by atoms with Gasteiger partial charge in [-0.3, -0.25) is 9.88 Å². The van der Waals surface area contributed by atoms with Gasteiger partial charge in [0.2, 0.25) is 0 Å². The van der Waals surface area contributed by atoms with Crippen molar-refractivity contribution in [3.8, 4) is 0 Å². The fourth-order valence-electron chi connectivity index (χ4n) is 3.44. The first-order chi connectivity index (χ1) is 10.9. The topological polar surface area (TPSA) is 33.4 Å². The Kier molecular flexibility index (Phi) is 3.60. The lowest BCUT2D eigenvalue weighted by atomic mass is 9.92. The summed E-state index contributed by atoms with van der Waals surface area (Å²) < 4.78 is 2.24. The van der Waals surface area contributed by atoms with Gasteiger partial charge in [0.05, 0.1) is 0 Å². The lowest BCUT2D eigenvalue weighted by Crippen LogP contribution is -2.32. The van der Waals surface area contributed by atoms with E-state index >= 15 is 0 Å². The number of hydrogen-bond acceptors (Lipinski definition) is 3. The molecule has 1 saturated heterocycles. The minimum Gasteiger partial charge on any atom is -0.304 e. The fraction of sp³-hybridized carbons (Fsp3) is 0.333. The van der Waals surface area contributed by atoms with Crippen molar-refractivity contribution in [2.24, 2.45) is 0 Å². The molecule has 0 atom stereocenters. The van der Waals surface area contributed by atoms with Crippen LogP contribution < -0.4 is 0 Å². The first kappa shape index (κ1) is 13.5. The number of nitrogens with zero attached hydrogens (tertiary/aromatic N) is 4. The number of hydrogen-bond donors (Lipinski definition) is 0. The van der Waals surface area contributed by atoms with Crippen LogP contribution in [0.5, 0.6) is 0 Å². The summed E-state index contributed by atoms with van der Waals surface area (Å²) in [7, 11) is 0. The SMILES string of the molecule is c1cncc(CN2CCC(c3cccc4nccn34)CC2)c1. The number of aromatic nitrogens is 3. The van der Waals surface area contributed by atoms with Crippen LogP contribution in [0, 0.1) is 0 Å². The standard InChI is InChI=1S/C18H20N4/c1-4-17(22-12-9-20-18(22)5-1)16-6-10-21(11-7-16)14-15-3-2-8-19-13-15/h1-5,8-9,12-13,16H,6-7,10-11,14H2. The van der Waals surface area contributed by atoms with Crippen LogP contribution in [-0.4, -0.2) is 32.4 Å². The van der Waals surface area contributed by atoms with Crippen LogP contribution in [-0.2, 0) is 6.54 Å². The van der Waals surface area contributed by atoms with Gasteiger partial charge in [-0.25, -0.2) is 4.98 Å². The monoisotopic (exact) mass is 292 g/mol. The fourth-order valence-corrected chi connectivity index (χ4v) is 3.44. The molecule has 0 spiro atoms. The van der Waals surface area contributed by atoms with E-state index in [4.69, 9.17) is 0 Å². The number of imidazole rings is 1. The third-order valence-corrected chi connectivity index (χ3v) is 4.59. The zero-order chi connectivity index (χ0) is 14.8. The third kappa shape index (κ3) is 2.62. The van der Waals surface area contributed by atoms with Crippen molar-refractivity contribution in [1.82, 2.24) is 19.3 Å². The van der Waals surface area contributed by atoms with Gasteiger partial charge < -0.3 is 4.40 Å². The number of fused-ring (bicyclic) bond motifs is 1. The molecule has 112 valence electrons. The smallest absolute Gasteiger partial charge is 0.136 e. The molecular weight excluding hydrogens is 272 g/mol. The Hall–Kier alpha value is -2.20. The van der Waals surface area contributed by atoms with Crippen LogP contribution in [0.25, 0.3) is 5.65 Å². The van der Waals surface area contributed by atoms with E-state index in [0.29, 0.717) is 5.92 Å². The Morgan fingerprint density at radius 3 is 2.77 bits per heavy atom. The van der Waals surface area contributed by atoms with Crippen molar-refractivity contribution in [2.75, 3.05) is 13.1 Å². The average molecular weight is 292 g/mol. The van der Waals surface area contributed by atoms with Gasteiger partial charge in [-0.1, -0.05) is 12.1 Å². The largest absolute Gasteiger partial charge is 0.304 e. The van der Waals surface area contributed by atoms with Crippen LogP contribution in [0.4, 0.5) is 0 Å². The predicted molar refractivity (Wildman–Crippen MR) is 86.7 cm³/mol. The molecule has 1 aliphatic rings. The van der Waals surface area contributed by atoms with Crippen LogP contribution in [0.3, 0.4) is 0 Å². The Morgan fingerprint density at radius 2 is 1.95 bits per heavy atom. The molecule has 1 aliphatic heterocycles. The number of rotatable bonds is 3. The van der Waals surface area contributed by atoms with E-state index in [1.54, 1.807) is 0 Å². The van der Waals surface area contributed by atoms with Gasteiger partial charge >= 0.3 is 0 Å². The van der Waals surface area contributed by atoms with Crippen LogP contribution in [0.15, 0.2) is 55.1 Å². The zero-order valence-electron chi connectivity index (χ0n) is 12.6. The van der Waals surface area contributed by atoms with Gasteiger partial charge in [0, 0.05) is 42.9 Å². The van der Waals surface area contributed by atoms with E-state index in [0.717, 1.165) is 25.3 Å². The first-order valence-electron chi connectivity index (χ1n) is 7.93. The van der Waals surface area contributed by atoms with Gasteiger partial charge in [0.1, 0.15) is 5.65 Å². The molecule has 0 N–H and O–H groups in total. The van der Waals surface area contributed by atoms with Crippen molar-refractivity contribution < 1.29 is 0 Å². The van der Waals surface area contributed by atoms with E-state index in [9.17, 15) is 0 Å². The molecule has 4 rings (SSSR count). The van der Waals surface area contributed by atoms with Gasteiger partial charge in [-0.2, -0.15) is 0 Å². The summed E-state index contributed by atoms with van der Waals surface area (Å²) in [5.41, 5.74) is 3.75. The highest BCUT2D eigenvalue weighted by molar-refractivity contribution is 5.40. The summed E-state index contributed by atoms with van der Waals surface area (Å²) >= 11 is 0. The molecule has 3 aromatic heterocycles. The molecule has 4 heteroatoms. The van der Waals surface area contributed by atoms with Gasteiger partial charge in [-0.05, 0) is 49.7 Å². The summed E-state index contributed by atoms with van der Waals surface area (Å²) in [6, 6.07) is 10.6. The van der Waals surface area contributed by atoms with Crippen molar-refractivity contribution >= 4 is 5.65 Å². The van der Waals surface area contributed by atoms with Gasteiger partial charge in [0.25, 0.3) is 0 Å². The van der Waals surface area contributed by atoms with Gasteiger partial charge in [0.15, 0.2) is 0 Å². The maximum atomic E-state index is 4.39. The van der Waals surface area contributed by atoms with E-state index < -0.39 is 0 Å². The number of piperidine rings is 1. The van der Waals surface area contributed by atoms with Crippen molar-refractivity contribution in [1.29, 1.82) is 0 Å². The van der Waals surface area contributed by atoms with E-state index in [2.05, 4.69) is 49.7 Å². The minimum atomic E-state index is 0.628. The number of likely N-dealkylation sites (tertiary alicyclic amines) is 1. The van der Waals surface area contributed by atoms with Crippen LogP contribution in [0.1, 0.15) is 30.0 Å².